The van der Waals surface area contributed by atoms with Gasteiger partial charge in [-0.3, -0.25) is 0 Å². The molecule has 0 radical (unpaired) electrons. The molecule has 0 heterocycles. The van der Waals surface area contributed by atoms with Crippen molar-refractivity contribution < 1.29 is 4.84 Å². The van der Waals surface area contributed by atoms with Gasteiger partial charge in [0, 0.05) is 17.7 Å². The molecule has 0 amide bonds. The maximum absolute atomic E-state index is 5.63. The number of nitrogens with zero attached hydrogens (tertiary/aromatic N) is 2. The smallest absolute Gasteiger partial charge is 0.129 e. The molecule has 2 aromatic carbocycles. The summed E-state index contributed by atoms with van der Waals surface area (Å²) >= 11 is 0. The van der Waals surface area contributed by atoms with Crippen molar-refractivity contribution in [3.8, 4) is 0 Å². The number of aryl methyl sites for hydroxylation is 2. The molecule has 3 rings (SSSR count). The Labute approximate surface area is 163 Å². The highest BCUT2D eigenvalue weighted by molar-refractivity contribution is 6.12. The van der Waals surface area contributed by atoms with Crippen molar-refractivity contribution in [2.24, 2.45) is 5.16 Å². The molecule has 0 fully saturated rings. The van der Waals surface area contributed by atoms with Crippen LogP contribution in [0.4, 0.5) is 0 Å². The fourth-order valence-electron chi connectivity index (χ4n) is 3.26. The Morgan fingerprint density at radius 3 is 2.38 bits per heavy atom. The van der Waals surface area contributed by atoms with E-state index < -0.39 is 0 Å². The second-order valence-corrected chi connectivity index (χ2v) is 6.99. The van der Waals surface area contributed by atoms with E-state index in [2.05, 4.69) is 40.4 Å². The highest BCUT2D eigenvalue weighted by Gasteiger charge is 2.13. The van der Waals surface area contributed by atoms with Crippen molar-refractivity contribution in [1.29, 1.82) is 0 Å². The minimum Gasteiger partial charge on any atom is -0.394 e. The highest BCUT2D eigenvalue weighted by Crippen LogP contribution is 2.23. The summed E-state index contributed by atoms with van der Waals surface area (Å²) in [5, 5.41) is 4.50. The van der Waals surface area contributed by atoms with E-state index in [0.717, 1.165) is 23.4 Å². The van der Waals surface area contributed by atoms with Crippen molar-refractivity contribution in [2.75, 3.05) is 27.2 Å². The summed E-state index contributed by atoms with van der Waals surface area (Å²) in [6, 6.07) is 17.1. The molecule has 0 bridgehead atoms. The van der Waals surface area contributed by atoms with Crippen molar-refractivity contribution in [3.63, 3.8) is 0 Å². The molecule has 140 valence electrons. The number of halogens is 1. The van der Waals surface area contributed by atoms with Crippen LogP contribution in [0.2, 0.25) is 0 Å². The van der Waals surface area contributed by atoms with Crippen LogP contribution in [0.15, 0.2) is 53.7 Å². The van der Waals surface area contributed by atoms with Crippen LogP contribution < -0.4 is 0 Å². The second-order valence-electron chi connectivity index (χ2n) is 6.99. The number of hydrogen-bond acceptors (Lipinski definition) is 3. The van der Waals surface area contributed by atoms with Gasteiger partial charge in [0.05, 0.1) is 0 Å². The Morgan fingerprint density at radius 1 is 0.923 bits per heavy atom. The number of fused-ring (bicyclic) bond motifs is 1. The maximum atomic E-state index is 5.63. The molecule has 0 N–H and O–H groups in total. The first-order valence-electron chi connectivity index (χ1n) is 9.26. The molecule has 0 saturated heterocycles. The standard InChI is InChI=1S/C22H28N2O.ClH/c1-24(2)15-16-25-23-22(19-10-6-4-7-11-19)21-14-13-18-9-5-3-8-12-20(18)17-21;/h4,6-7,10-11,13-14,17H,3,5,8-9,12,15-16H2,1-2H3;1H/b23-22+;. The molecule has 0 atom stereocenters. The summed E-state index contributed by atoms with van der Waals surface area (Å²) in [5.41, 5.74) is 6.15. The summed E-state index contributed by atoms with van der Waals surface area (Å²) in [5.74, 6) is 0. The lowest BCUT2D eigenvalue weighted by Crippen LogP contribution is -2.17. The van der Waals surface area contributed by atoms with Crippen LogP contribution in [-0.2, 0) is 17.7 Å². The molecule has 0 aliphatic heterocycles. The van der Waals surface area contributed by atoms with Gasteiger partial charge in [-0.15, -0.1) is 12.4 Å². The van der Waals surface area contributed by atoms with Gasteiger partial charge in [0.2, 0.25) is 0 Å². The maximum Gasteiger partial charge on any atom is 0.129 e. The van der Waals surface area contributed by atoms with E-state index in [1.165, 1.54) is 43.2 Å². The van der Waals surface area contributed by atoms with Gasteiger partial charge in [0.15, 0.2) is 0 Å². The molecular weight excluding hydrogens is 344 g/mol. The molecule has 2 aromatic rings. The van der Waals surface area contributed by atoms with E-state index in [4.69, 9.17) is 4.84 Å². The van der Waals surface area contributed by atoms with Gasteiger partial charge in [-0.1, -0.05) is 54.0 Å². The van der Waals surface area contributed by atoms with Crippen LogP contribution in [0, 0.1) is 0 Å². The fourth-order valence-corrected chi connectivity index (χ4v) is 3.26. The minimum absolute atomic E-state index is 0. The lowest BCUT2D eigenvalue weighted by molar-refractivity contribution is 0.126. The third-order valence-corrected chi connectivity index (χ3v) is 4.70. The average Bonchev–Trinajstić information content (AvgIpc) is 2.87. The number of oxime groups is 1. The van der Waals surface area contributed by atoms with Gasteiger partial charge in [-0.05, 0) is 57.0 Å². The normalized spacial score (nSPS) is 14.3. The molecule has 26 heavy (non-hydrogen) atoms. The zero-order chi connectivity index (χ0) is 17.5. The van der Waals surface area contributed by atoms with Crippen molar-refractivity contribution in [2.45, 2.75) is 32.1 Å². The van der Waals surface area contributed by atoms with E-state index in [1.54, 1.807) is 0 Å². The Kier molecular flexibility index (Phi) is 8.14. The molecule has 0 spiro atoms. The lowest BCUT2D eigenvalue weighted by atomic mass is 9.95. The van der Waals surface area contributed by atoms with Crippen molar-refractivity contribution >= 4 is 18.1 Å². The molecule has 0 saturated carbocycles. The molecule has 0 aromatic heterocycles. The molecular formula is C22H29ClN2O. The summed E-state index contributed by atoms with van der Waals surface area (Å²) < 4.78 is 0. The number of benzene rings is 2. The van der Waals surface area contributed by atoms with Gasteiger partial charge in [0.25, 0.3) is 0 Å². The summed E-state index contributed by atoms with van der Waals surface area (Å²) in [6.45, 7) is 1.45. The average molecular weight is 373 g/mol. The summed E-state index contributed by atoms with van der Waals surface area (Å²) in [6.07, 6.45) is 6.30. The third kappa shape index (κ3) is 5.58. The van der Waals surface area contributed by atoms with Crippen molar-refractivity contribution in [1.82, 2.24) is 4.90 Å². The first kappa shape index (κ1) is 20.5. The van der Waals surface area contributed by atoms with Crippen molar-refractivity contribution in [3.05, 3.63) is 70.8 Å². The molecule has 3 nitrogen and oxygen atoms in total. The summed E-state index contributed by atoms with van der Waals surface area (Å²) in [7, 11) is 4.08. The Hall–Kier alpha value is -1.84. The monoisotopic (exact) mass is 372 g/mol. The predicted molar refractivity (Wildman–Crippen MR) is 112 cm³/mol. The zero-order valence-electron chi connectivity index (χ0n) is 15.8. The van der Waals surface area contributed by atoms with Gasteiger partial charge >= 0.3 is 0 Å². The van der Waals surface area contributed by atoms with E-state index in [1.807, 2.05) is 32.3 Å². The molecule has 1 aliphatic carbocycles. The number of rotatable bonds is 6. The number of likely N-dealkylation sites (N-methyl/N-ethyl adjacent to an activating group) is 1. The Morgan fingerprint density at radius 2 is 1.65 bits per heavy atom. The van der Waals surface area contributed by atoms with Gasteiger partial charge in [-0.2, -0.15) is 0 Å². The van der Waals surface area contributed by atoms with Crippen LogP contribution in [0.3, 0.4) is 0 Å². The van der Waals surface area contributed by atoms with Crippen LogP contribution >= 0.6 is 12.4 Å². The topological polar surface area (TPSA) is 24.8 Å². The summed E-state index contributed by atoms with van der Waals surface area (Å²) in [4.78, 5) is 7.73. The van der Waals surface area contributed by atoms with Gasteiger partial charge in [-0.25, -0.2) is 0 Å². The SMILES string of the molecule is CN(C)CCO/N=C(\c1ccccc1)c1ccc2c(c1)CCCCC2.Cl. The largest absolute Gasteiger partial charge is 0.394 e. The highest BCUT2D eigenvalue weighted by atomic mass is 35.5. The van der Waals surface area contributed by atoms with Crippen LogP contribution in [-0.4, -0.2) is 37.9 Å². The van der Waals surface area contributed by atoms with Crippen LogP contribution in [0.25, 0.3) is 0 Å². The Bertz CT molecular complexity index is 713. The molecule has 1 aliphatic rings. The zero-order valence-corrected chi connectivity index (χ0v) is 16.6. The van der Waals surface area contributed by atoms with Gasteiger partial charge < -0.3 is 9.74 Å². The lowest BCUT2D eigenvalue weighted by Gasteiger charge is -2.12. The third-order valence-electron chi connectivity index (χ3n) is 4.70. The van der Waals surface area contributed by atoms with Gasteiger partial charge in [0.1, 0.15) is 12.3 Å². The van der Waals surface area contributed by atoms with Crippen LogP contribution in [0.1, 0.15) is 41.5 Å². The van der Waals surface area contributed by atoms with E-state index in [-0.39, 0.29) is 12.4 Å². The quantitative estimate of drug-likeness (QED) is 0.317. The first-order chi connectivity index (χ1) is 12.2. The molecule has 0 unspecified atom stereocenters. The van der Waals surface area contributed by atoms with Crippen LogP contribution in [0.5, 0.6) is 0 Å². The molecule has 4 heteroatoms. The first-order valence-corrected chi connectivity index (χ1v) is 9.26. The van der Waals surface area contributed by atoms with E-state index in [9.17, 15) is 0 Å². The predicted octanol–water partition coefficient (Wildman–Crippen LogP) is 4.71. The second kappa shape index (κ2) is 10.3. The number of hydrogen-bond donors (Lipinski definition) is 0. The Balaban J connectivity index is 0.00000243. The minimum atomic E-state index is 0. The van der Waals surface area contributed by atoms with E-state index in [0.29, 0.717) is 6.61 Å². The van der Waals surface area contributed by atoms with E-state index >= 15 is 0 Å². The fraction of sp³-hybridized carbons (Fsp3) is 0.409.